The second kappa shape index (κ2) is 13.6. The zero-order valence-corrected chi connectivity index (χ0v) is 26.0. The fourth-order valence-corrected chi connectivity index (χ4v) is 7.45. The maximum atomic E-state index is 13.8. The minimum atomic E-state index is -2.83. The average Bonchev–Trinajstić information content (AvgIpc) is 3.47. The zero-order chi connectivity index (χ0) is 27.9. The minimum absolute atomic E-state index is 0. The third kappa shape index (κ3) is 5.98. The zero-order valence-electron chi connectivity index (χ0n) is 22.7. The van der Waals surface area contributed by atoms with Gasteiger partial charge in [0.15, 0.2) is 0 Å². The third-order valence-corrected chi connectivity index (χ3v) is 9.80. The molecule has 42 heavy (non-hydrogen) atoms. The molecule has 5 heteroatoms. The van der Waals surface area contributed by atoms with Gasteiger partial charge in [-0.15, -0.1) is 35.9 Å². The molecule has 7 aromatic rings. The molecule has 0 amide bonds. The van der Waals surface area contributed by atoms with Crippen molar-refractivity contribution in [1.29, 1.82) is 0 Å². The topological polar surface area (TPSA) is 34.9 Å². The number of imidazole rings is 1. The summed E-state index contributed by atoms with van der Waals surface area (Å²) in [6.07, 6.45) is 0. The first-order valence-corrected chi connectivity index (χ1v) is 15.1. The van der Waals surface area contributed by atoms with Crippen LogP contribution in [0, 0.1) is 12.1 Å². The molecule has 0 spiro atoms. The molecule has 0 saturated heterocycles. The van der Waals surface area contributed by atoms with Crippen LogP contribution >= 0.6 is 7.14 Å². The third-order valence-electron chi connectivity index (χ3n) is 6.80. The smallest absolute Gasteiger partial charge is 0.147 e. The van der Waals surface area contributed by atoms with Crippen LogP contribution in [0.1, 0.15) is 0 Å². The Hall–Kier alpha value is -4.33. The largest absolute Gasteiger partial charge is 0.333 e. The maximum absolute atomic E-state index is 13.8. The van der Waals surface area contributed by atoms with Crippen LogP contribution in [0.2, 0.25) is 0 Å². The first kappa shape index (κ1) is 29.2. The number of hydrogen-bond donors (Lipinski definition) is 0. The van der Waals surface area contributed by atoms with Gasteiger partial charge in [-0.1, -0.05) is 96.3 Å². The summed E-state index contributed by atoms with van der Waals surface area (Å²) in [4.78, 5) is 4.79. The average molecular weight is 739 g/mol. The molecule has 0 saturated carbocycles. The summed E-state index contributed by atoms with van der Waals surface area (Å²) in [7, 11) is -2.83. The summed E-state index contributed by atoms with van der Waals surface area (Å²) in [6, 6.07) is 59.7. The first-order valence-electron chi connectivity index (χ1n) is 13.4. The van der Waals surface area contributed by atoms with Crippen molar-refractivity contribution in [2.75, 3.05) is 0 Å². The molecule has 0 bridgehead atoms. The standard InChI is InChI=1S/C19H13N2.C18H14OP.Ir/c1-3-9-15(10-4-1)19-20-17-13-7-8-14-18(17)21(19)16-11-5-2-6-12-16;19-20(16-10-4-1-5-11-16,17-12-6-2-7-13-17)18-14-8-3-9-15-18;/h1-9,11-14H;1-14H;/q2*-1;. The van der Waals surface area contributed by atoms with Crippen molar-refractivity contribution >= 4 is 34.1 Å². The number of hydrogen-bond acceptors (Lipinski definition) is 2. The molecule has 207 valence electrons. The molecule has 7 rings (SSSR count). The van der Waals surface area contributed by atoms with Crippen LogP contribution in [-0.2, 0) is 24.7 Å². The van der Waals surface area contributed by atoms with Crippen LogP contribution in [0.15, 0.2) is 164 Å². The van der Waals surface area contributed by atoms with E-state index in [1.165, 1.54) is 0 Å². The molecule has 0 aliphatic rings. The number of rotatable bonds is 5. The molecular formula is C37H27IrN2OP-2. The summed E-state index contributed by atoms with van der Waals surface area (Å²) in [5.74, 6) is 0.919. The van der Waals surface area contributed by atoms with Gasteiger partial charge in [0.2, 0.25) is 0 Å². The van der Waals surface area contributed by atoms with Crippen molar-refractivity contribution in [2.45, 2.75) is 0 Å². The molecule has 0 aliphatic heterocycles. The first-order chi connectivity index (χ1) is 20.2. The SMILES string of the molecule is O=P(c1[c-]cccc1)(c1ccccc1)c1ccccc1.[Ir].[c-]1ccccc1-c1nc2ccccc2n1-c1ccccc1. The van der Waals surface area contributed by atoms with E-state index >= 15 is 0 Å². The maximum Gasteiger partial charge on any atom is 0.147 e. The molecule has 3 nitrogen and oxygen atoms in total. The molecular weight excluding hydrogens is 712 g/mol. The van der Waals surface area contributed by atoms with Crippen LogP contribution in [-0.4, -0.2) is 9.55 Å². The Morgan fingerprint density at radius 1 is 0.548 bits per heavy atom. The summed E-state index contributed by atoms with van der Waals surface area (Å²) in [5, 5.41) is 2.43. The van der Waals surface area contributed by atoms with Crippen molar-refractivity contribution in [3.05, 3.63) is 176 Å². The second-order valence-electron chi connectivity index (χ2n) is 9.40. The van der Waals surface area contributed by atoms with E-state index in [1.54, 1.807) is 0 Å². The summed E-state index contributed by atoms with van der Waals surface area (Å²) in [6.45, 7) is 0. The molecule has 0 unspecified atom stereocenters. The van der Waals surface area contributed by atoms with Crippen molar-refractivity contribution in [2.24, 2.45) is 0 Å². The Kier molecular flexibility index (Phi) is 9.41. The molecule has 6 aromatic carbocycles. The summed E-state index contributed by atoms with van der Waals surface area (Å²) >= 11 is 0. The number of nitrogens with zero attached hydrogens (tertiary/aromatic N) is 2. The number of aromatic nitrogens is 2. The molecule has 1 aromatic heterocycles. The monoisotopic (exact) mass is 739 g/mol. The molecule has 0 fully saturated rings. The van der Waals surface area contributed by atoms with Crippen LogP contribution in [0.25, 0.3) is 28.1 Å². The van der Waals surface area contributed by atoms with Crippen LogP contribution in [0.5, 0.6) is 0 Å². The normalized spacial score (nSPS) is 10.8. The number of para-hydroxylation sites is 3. The van der Waals surface area contributed by atoms with Gasteiger partial charge in [0.1, 0.15) is 7.14 Å². The van der Waals surface area contributed by atoms with Crippen LogP contribution in [0.3, 0.4) is 0 Å². The second-order valence-corrected chi connectivity index (χ2v) is 12.1. The van der Waals surface area contributed by atoms with Gasteiger partial charge in [-0.3, -0.25) is 4.98 Å². The summed E-state index contributed by atoms with van der Waals surface area (Å²) < 4.78 is 16.0. The molecule has 1 radical (unpaired) electrons. The van der Waals surface area contributed by atoms with Gasteiger partial charge in [-0.2, -0.15) is 30.3 Å². The quantitative estimate of drug-likeness (QED) is 0.135. The van der Waals surface area contributed by atoms with Crippen molar-refractivity contribution in [3.8, 4) is 17.1 Å². The van der Waals surface area contributed by atoms with Gasteiger partial charge in [0, 0.05) is 36.4 Å². The van der Waals surface area contributed by atoms with Crippen LogP contribution < -0.4 is 15.9 Å². The van der Waals surface area contributed by atoms with Gasteiger partial charge >= 0.3 is 0 Å². The predicted molar refractivity (Wildman–Crippen MR) is 170 cm³/mol. The van der Waals surface area contributed by atoms with Crippen molar-refractivity contribution in [1.82, 2.24) is 9.55 Å². The fraction of sp³-hybridized carbons (Fsp3) is 0. The fourth-order valence-electron chi connectivity index (χ4n) is 4.86. The van der Waals surface area contributed by atoms with Crippen molar-refractivity contribution in [3.63, 3.8) is 0 Å². The van der Waals surface area contributed by atoms with Gasteiger partial charge < -0.3 is 9.13 Å². The van der Waals surface area contributed by atoms with Crippen LogP contribution in [0.4, 0.5) is 0 Å². The Labute approximate surface area is 260 Å². The van der Waals surface area contributed by atoms with E-state index in [9.17, 15) is 4.57 Å². The number of benzene rings is 6. The molecule has 0 aliphatic carbocycles. The van der Waals surface area contributed by atoms with Gasteiger partial charge in [-0.25, -0.2) is 0 Å². The Morgan fingerprint density at radius 2 is 1.07 bits per heavy atom. The van der Waals surface area contributed by atoms with E-state index < -0.39 is 7.14 Å². The van der Waals surface area contributed by atoms with E-state index in [0.29, 0.717) is 0 Å². The minimum Gasteiger partial charge on any atom is -0.333 e. The van der Waals surface area contributed by atoms with E-state index in [1.807, 2.05) is 146 Å². The predicted octanol–water partition coefficient (Wildman–Crippen LogP) is 7.62. The number of fused-ring (bicyclic) bond motifs is 1. The van der Waals surface area contributed by atoms with Gasteiger partial charge in [0.05, 0.1) is 16.9 Å². The molecule has 1 heterocycles. The summed E-state index contributed by atoms with van der Waals surface area (Å²) in [5.41, 5.74) is 4.21. The van der Waals surface area contributed by atoms with E-state index in [0.717, 1.165) is 44.0 Å². The van der Waals surface area contributed by atoms with E-state index in [-0.39, 0.29) is 20.1 Å². The van der Waals surface area contributed by atoms with Gasteiger partial charge in [-0.05, 0) is 24.3 Å². The molecule has 0 atom stereocenters. The van der Waals surface area contributed by atoms with E-state index in [4.69, 9.17) is 4.98 Å². The van der Waals surface area contributed by atoms with Gasteiger partial charge in [0.25, 0.3) is 0 Å². The molecule has 0 N–H and O–H groups in total. The van der Waals surface area contributed by atoms with Crippen molar-refractivity contribution < 1.29 is 24.7 Å². The Morgan fingerprint density at radius 3 is 1.64 bits per heavy atom. The Bertz CT molecular complexity index is 1790. The Balaban J connectivity index is 0.000000164. The van der Waals surface area contributed by atoms with E-state index in [2.05, 4.69) is 34.9 Å².